The number of benzene rings is 1. The number of rotatable bonds is 3. The van der Waals surface area contributed by atoms with Crippen LogP contribution in [-0.4, -0.2) is 24.4 Å². The Bertz CT molecular complexity index is 628. The van der Waals surface area contributed by atoms with Gasteiger partial charge in [0, 0.05) is 16.4 Å². The largest absolute Gasteiger partial charge is 0.328 e. The molecule has 0 atom stereocenters. The van der Waals surface area contributed by atoms with Crippen LogP contribution in [0.5, 0.6) is 0 Å². The maximum absolute atomic E-state index is 12.0. The summed E-state index contributed by atoms with van der Waals surface area (Å²) in [5.74, 6) is -0.116. The molecule has 1 amide bonds. The Morgan fingerprint density at radius 2 is 2.00 bits per heavy atom. The highest BCUT2D eigenvalue weighted by atomic mass is 79.9. The van der Waals surface area contributed by atoms with Crippen LogP contribution >= 0.6 is 27.3 Å². The molecule has 19 heavy (non-hydrogen) atoms. The molecule has 0 saturated heterocycles. The smallest absolute Gasteiger partial charge is 0.264 e. The summed E-state index contributed by atoms with van der Waals surface area (Å²) in [6, 6.07) is 13.7. The zero-order valence-electron chi connectivity index (χ0n) is 10.3. The van der Waals surface area contributed by atoms with Crippen LogP contribution in [0.15, 0.2) is 40.9 Å². The molecule has 0 aliphatic rings. The Balaban J connectivity index is 2.22. The summed E-state index contributed by atoms with van der Waals surface area (Å²) in [7, 11) is 1.63. The van der Waals surface area contributed by atoms with Gasteiger partial charge in [0.15, 0.2) is 0 Å². The van der Waals surface area contributed by atoms with Crippen LogP contribution in [0.4, 0.5) is 0 Å². The van der Waals surface area contributed by atoms with Crippen molar-refractivity contribution in [1.29, 1.82) is 5.26 Å². The minimum Gasteiger partial charge on any atom is -0.328 e. The Morgan fingerprint density at radius 3 is 2.63 bits per heavy atom. The lowest BCUT2D eigenvalue weighted by molar-refractivity contribution is 0.0816. The Hall–Kier alpha value is -1.64. The van der Waals surface area contributed by atoms with E-state index in [4.69, 9.17) is 5.26 Å². The first-order valence-electron chi connectivity index (χ1n) is 5.60. The molecular weight excluding hydrogens is 324 g/mol. The summed E-state index contributed by atoms with van der Waals surface area (Å²) >= 11 is 4.83. The first-order valence-corrected chi connectivity index (χ1v) is 7.21. The van der Waals surface area contributed by atoms with Gasteiger partial charge in [-0.1, -0.05) is 28.1 Å². The molecule has 0 saturated carbocycles. The van der Waals surface area contributed by atoms with Crippen molar-refractivity contribution in [3.8, 4) is 16.5 Å². The first kappa shape index (κ1) is 13.8. The fourth-order valence-corrected chi connectivity index (χ4v) is 2.86. The van der Waals surface area contributed by atoms with E-state index in [2.05, 4.69) is 15.9 Å². The van der Waals surface area contributed by atoms with Gasteiger partial charge in [-0.25, -0.2) is 0 Å². The van der Waals surface area contributed by atoms with Crippen molar-refractivity contribution >= 4 is 33.2 Å². The van der Waals surface area contributed by atoms with Crippen molar-refractivity contribution in [2.45, 2.75) is 0 Å². The van der Waals surface area contributed by atoms with Crippen LogP contribution < -0.4 is 0 Å². The van der Waals surface area contributed by atoms with Gasteiger partial charge in [-0.2, -0.15) is 5.26 Å². The minimum absolute atomic E-state index is 0.102. The lowest BCUT2D eigenvalue weighted by Crippen LogP contribution is -2.26. The van der Waals surface area contributed by atoms with Crippen LogP contribution in [-0.2, 0) is 0 Å². The van der Waals surface area contributed by atoms with E-state index in [9.17, 15) is 4.79 Å². The van der Waals surface area contributed by atoms with Gasteiger partial charge in [0.05, 0.1) is 10.9 Å². The monoisotopic (exact) mass is 334 g/mol. The summed E-state index contributed by atoms with van der Waals surface area (Å²) < 4.78 is 1.03. The number of amides is 1. The second-order valence-electron chi connectivity index (χ2n) is 3.99. The number of carbonyl (C=O) groups is 1. The van der Waals surface area contributed by atoms with Gasteiger partial charge in [0.25, 0.3) is 5.91 Å². The Morgan fingerprint density at radius 1 is 1.32 bits per heavy atom. The average molecular weight is 335 g/mol. The lowest BCUT2D eigenvalue weighted by atomic mass is 10.2. The zero-order chi connectivity index (χ0) is 13.8. The molecule has 1 aromatic heterocycles. The SMILES string of the molecule is CN(CC#N)C(=O)c1ccc(-c2ccc(Br)cc2)s1. The van der Waals surface area contributed by atoms with E-state index in [1.54, 1.807) is 13.1 Å². The molecule has 5 heteroatoms. The van der Waals surface area contributed by atoms with E-state index >= 15 is 0 Å². The van der Waals surface area contributed by atoms with Gasteiger partial charge in [-0.3, -0.25) is 4.79 Å². The third-order valence-corrected chi connectivity index (χ3v) is 4.25. The summed E-state index contributed by atoms with van der Waals surface area (Å²) in [5, 5.41) is 8.60. The molecular formula is C14H11BrN2OS. The second-order valence-corrected chi connectivity index (χ2v) is 5.99. The summed E-state index contributed by atoms with van der Waals surface area (Å²) in [6.45, 7) is 0.102. The first-order chi connectivity index (χ1) is 9.11. The molecule has 0 N–H and O–H groups in total. The fourth-order valence-electron chi connectivity index (χ4n) is 1.59. The van der Waals surface area contributed by atoms with Gasteiger partial charge >= 0.3 is 0 Å². The van der Waals surface area contributed by atoms with Gasteiger partial charge in [-0.05, 0) is 29.8 Å². The highest BCUT2D eigenvalue weighted by Gasteiger charge is 2.14. The van der Waals surface area contributed by atoms with Crippen molar-refractivity contribution in [2.24, 2.45) is 0 Å². The van der Waals surface area contributed by atoms with Crippen molar-refractivity contribution in [3.63, 3.8) is 0 Å². The van der Waals surface area contributed by atoms with Crippen molar-refractivity contribution in [3.05, 3.63) is 45.7 Å². The fraction of sp³-hybridized carbons (Fsp3) is 0.143. The number of hydrogen-bond donors (Lipinski definition) is 0. The van der Waals surface area contributed by atoms with E-state index in [-0.39, 0.29) is 12.5 Å². The number of nitrogens with zero attached hydrogens (tertiary/aromatic N) is 2. The van der Waals surface area contributed by atoms with Crippen molar-refractivity contribution in [2.75, 3.05) is 13.6 Å². The number of hydrogen-bond acceptors (Lipinski definition) is 3. The van der Waals surface area contributed by atoms with Gasteiger partial charge in [-0.15, -0.1) is 11.3 Å². The maximum atomic E-state index is 12.0. The minimum atomic E-state index is -0.116. The van der Waals surface area contributed by atoms with Gasteiger partial charge in [0.1, 0.15) is 6.54 Å². The third-order valence-electron chi connectivity index (χ3n) is 2.60. The van der Waals surface area contributed by atoms with Crippen LogP contribution in [0.1, 0.15) is 9.67 Å². The second kappa shape index (κ2) is 6.00. The predicted octanol–water partition coefficient (Wildman–Crippen LogP) is 3.77. The van der Waals surface area contributed by atoms with Gasteiger partial charge in [0.2, 0.25) is 0 Å². The maximum Gasteiger partial charge on any atom is 0.264 e. The van der Waals surface area contributed by atoms with Crippen LogP contribution in [0.25, 0.3) is 10.4 Å². The molecule has 96 valence electrons. The zero-order valence-corrected chi connectivity index (χ0v) is 12.7. The predicted molar refractivity (Wildman–Crippen MR) is 80.0 cm³/mol. The van der Waals surface area contributed by atoms with Crippen LogP contribution in [0.2, 0.25) is 0 Å². The summed E-state index contributed by atoms with van der Waals surface area (Å²) in [6.07, 6.45) is 0. The highest BCUT2D eigenvalue weighted by molar-refractivity contribution is 9.10. The molecule has 0 aliphatic carbocycles. The van der Waals surface area contributed by atoms with Crippen LogP contribution in [0, 0.1) is 11.3 Å². The highest BCUT2D eigenvalue weighted by Crippen LogP contribution is 2.29. The number of halogens is 1. The Labute approximate surface area is 124 Å². The van der Waals surface area contributed by atoms with Crippen LogP contribution in [0.3, 0.4) is 0 Å². The van der Waals surface area contributed by atoms with Crippen molar-refractivity contribution < 1.29 is 4.79 Å². The number of nitriles is 1. The lowest BCUT2D eigenvalue weighted by Gasteiger charge is -2.10. The molecule has 2 aromatic rings. The molecule has 3 nitrogen and oxygen atoms in total. The summed E-state index contributed by atoms with van der Waals surface area (Å²) in [4.78, 5) is 15.1. The third kappa shape index (κ3) is 3.22. The van der Waals surface area contributed by atoms with E-state index in [0.717, 1.165) is 14.9 Å². The van der Waals surface area contributed by atoms with E-state index in [0.29, 0.717) is 4.88 Å². The standard InChI is InChI=1S/C14H11BrN2OS/c1-17(9-8-16)14(18)13-7-6-12(19-13)10-2-4-11(15)5-3-10/h2-7H,9H2,1H3. The van der Waals surface area contributed by atoms with E-state index < -0.39 is 0 Å². The molecule has 0 spiro atoms. The normalized spacial score (nSPS) is 9.95. The molecule has 0 fully saturated rings. The van der Waals surface area contributed by atoms with Gasteiger partial charge < -0.3 is 4.90 Å². The number of carbonyl (C=O) groups excluding carboxylic acids is 1. The molecule has 0 radical (unpaired) electrons. The van der Waals surface area contributed by atoms with E-state index in [1.165, 1.54) is 16.2 Å². The molecule has 0 bridgehead atoms. The molecule has 0 unspecified atom stereocenters. The average Bonchev–Trinajstić information content (AvgIpc) is 2.88. The molecule has 1 heterocycles. The van der Waals surface area contributed by atoms with Crippen molar-refractivity contribution in [1.82, 2.24) is 4.90 Å². The Kier molecular flexibility index (Phi) is 4.35. The topological polar surface area (TPSA) is 44.1 Å². The molecule has 1 aromatic carbocycles. The summed E-state index contributed by atoms with van der Waals surface area (Å²) in [5.41, 5.74) is 1.08. The number of thiophene rings is 1. The molecule has 0 aliphatic heterocycles. The van der Waals surface area contributed by atoms with E-state index in [1.807, 2.05) is 36.4 Å². The quantitative estimate of drug-likeness (QED) is 0.802. The molecule has 2 rings (SSSR count).